The molecule has 1 aromatic carbocycles. The zero-order valence-electron chi connectivity index (χ0n) is 9.39. The molecule has 0 radical (unpaired) electrons. The van der Waals surface area contributed by atoms with Crippen molar-refractivity contribution in [3.05, 3.63) is 34.9 Å². The van der Waals surface area contributed by atoms with Crippen molar-refractivity contribution in [3.8, 4) is 6.07 Å². The van der Waals surface area contributed by atoms with Crippen molar-refractivity contribution in [1.82, 2.24) is 0 Å². The number of hydrogen-bond donors (Lipinski definition) is 0. The molecule has 0 fully saturated rings. The van der Waals surface area contributed by atoms with Crippen molar-refractivity contribution in [2.75, 3.05) is 0 Å². The summed E-state index contributed by atoms with van der Waals surface area (Å²) in [6, 6.07) is 8.08. The van der Waals surface area contributed by atoms with Gasteiger partial charge in [0.25, 0.3) is 0 Å². The Balaban J connectivity index is 2.97. The monoisotopic (exact) mass is 187 g/mol. The molecule has 14 heavy (non-hydrogen) atoms. The number of aryl methyl sites for hydroxylation is 1. The second-order valence-electron chi connectivity index (χ2n) is 4.99. The third-order valence-corrected chi connectivity index (χ3v) is 2.19. The van der Waals surface area contributed by atoms with E-state index in [1.807, 2.05) is 12.1 Å². The minimum atomic E-state index is 0.304. The number of hydrogen-bond acceptors (Lipinski definition) is 1. The van der Waals surface area contributed by atoms with E-state index in [1.54, 1.807) is 0 Å². The van der Waals surface area contributed by atoms with Crippen LogP contribution >= 0.6 is 0 Å². The van der Waals surface area contributed by atoms with E-state index in [1.165, 1.54) is 11.1 Å². The molecule has 0 amide bonds. The van der Waals surface area contributed by atoms with Crippen molar-refractivity contribution in [1.29, 1.82) is 5.26 Å². The molecule has 0 heterocycles. The van der Waals surface area contributed by atoms with Gasteiger partial charge in [-0.25, -0.2) is 0 Å². The van der Waals surface area contributed by atoms with Crippen LogP contribution in [-0.4, -0.2) is 0 Å². The largest absolute Gasteiger partial charge is 0.192 e. The first-order valence-corrected chi connectivity index (χ1v) is 4.92. The first-order valence-electron chi connectivity index (χ1n) is 4.92. The quantitative estimate of drug-likeness (QED) is 0.660. The number of rotatable bonds is 1. The van der Waals surface area contributed by atoms with Gasteiger partial charge in [-0.1, -0.05) is 26.8 Å². The first-order chi connectivity index (χ1) is 6.42. The molecule has 0 atom stereocenters. The van der Waals surface area contributed by atoms with Gasteiger partial charge in [-0.2, -0.15) is 5.26 Å². The summed E-state index contributed by atoms with van der Waals surface area (Å²) in [6.45, 7) is 8.75. The second kappa shape index (κ2) is 3.84. The predicted octanol–water partition coefficient (Wildman–Crippen LogP) is 3.46. The molecule has 0 aliphatic carbocycles. The van der Waals surface area contributed by atoms with Gasteiger partial charge in [0, 0.05) is 0 Å². The van der Waals surface area contributed by atoms with Gasteiger partial charge in [-0.05, 0) is 42.0 Å². The lowest BCUT2D eigenvalue weighted by atomic mass is 9.86. The van der Waals surface area contributed by atoms with Crippen LogP contribution in [0.4, 0.5) is 0 Å². The van der Waals surface area contributed by atoms with Crippen molar-refractivity contribution in [3.63, 3.8) is 0 Å². The summed E-state index contributed by atoms with van der Waals surface area (Å²) < 4.78 is 0. The number of nitrogens with zero attached hydrogens (tertiary/aromatic N) is 1. The topological polar surface area (TPSA) is 23.8 Å². The molecule has 0 saturated carbocycles. The highest BCUT2D eigenvalue weighted by Crippen LogP contribution is 2.23. The minimum Gasteiger partial charge on any atom is -0.192 e. The molecular weight excluding hydrogens is 170 g/mol. The van der Waals surface area contributed by atoms with E-state index in [9.17, 15) is 0 Å². The Kier molecular flexibility index (Phi) is 2.96. The average Bonchev–Trinajstić information content (AvgIpc) is 2.06. The van der Waals surface area contributed by atoms with Crippen LogP contribution in [0.1, 0.15) is 37.5 Å². The van der Waals surface area contributed by atoms with E-state index < -0.39 is 0 Å². The van der Waals surface area contributed by atoms with Crippen LogP contribution in [0, 0.1) is 23.7 Å². The summed E-state index contributed by atoms with van der Waals surface area (Å²) in [6.07, 6.45) is 1.06. The van der Waals surface area contributed by atoms with Crippen LogP contribution in [0.2, 0.25) is 0 Å². The zero-order valence-corrected chi connectivity index (χ0v) is 9.39. The standard InChI is InChI=1S/C13H17N/c1-10-7-11(9-14)5-6-12(10)8-13(2,3)4/h5-7H,8H2,1-4H3. The molecule has 0 aromatic heterocycles. The van der Waals surface area contributed by atoms with Crippen LogP contribution in [0.15, 0.2) is 18.2 Å². The second-order valence-corrected chi connectivity index (χ2v) is 4.99. The zero-order chi connectivity index (χ0) is 10.8. The number of nitriles is 1. The Hall–Kier alpha value is -1.29. The molecule has 0 spiro atoms. The molecule has 0 N–H and O–H groups in total. The van der Waals surface area contributed by atoms with Gasteiger partial charge in [0.2, 0.25) is 0 Å². The maximum atomic E-state index is 8.74. The molecule has 74 valence electrons. The van der Waals surface area contributed by atoms with E-state index in [0.29, 0.717) is 5.41 Å². The van der Waals surface area contributed by atoms with Crippen LogP contribution in [-0.2, 0) is 6.42 Å². The van der Waals surface area contributed by atoms with Crippen molar-refractivity contribution in [2.24, 2.45) is 5.41 Å². The number of benzene rings is 1. The molecule has 0 bridgehead atoms. The highest BCUT2D eigenvalue weighted by Gasteiger charge is 2.12. The van der Waals surface area contributed by atoms with Crippen LogP contribution < -0.4 is 0 Å². The maximum absolute atomic E-state index is 8.74. The molecule has 1 heteroatoms. The summed E-state index contributed by atoms with van der Waals surface area (Å²) in [5, 5.41) is 8.74. The fraction of sp³-hybridized carbons (Fsp3) is 0.462. The molecule has 0 saturated heterocycles. The van der Waals surface area contributed by atoms with Crippen molar-refractivity contribution in [2.45, 2.75) is 34.1 Å². The maximum Gasteiger partial charge on any atom is 0.0991 e. The van der Waals surface area contributed by atoms with E-state index in [0.717, 1.165) is 12.0 Å². The summed E-state index contributed by atoms with van der Waals surface area (Å²) in [4.78, 5) is 0. The third kappa shape index (κ3) is 2.88. The van der Waals surface area contributed by atoms with Crippen LogP contribution in [0.25, 0.3) is 0 Å². The third-order valence-electron chi connectivity index (χ3n) is 2.19. The molecule has 0 unspecified atom stereocenters. The molecular formula is C13H17N. The molecule has 1 nitrogen and oxygen atoms in total. The van der Waals surface area contributed by atoms with Gasteiger partial charge in [-0.3, -0.25) is 0 Å². The van der Waals surface area contributed by atoms with Gasteiger partial charge >= 0.3 is 0 Å². The Bertz CT molecular complexity index is 364. The van der Waals surface area contributed by atoms with Crippen molar-refractivity contribution < 1.29 is 0 Å². The lowest BCUT2D eigenvalue weighted by Crippen LogP contribution is -2.10. The average molecular weight is 187 g/mol. The van der Waals surface area contributed by atoms with Gasteiger partial charge < -0.3 is 0 Å². The highest BCUT2D eigenvalue weighted by atomic mass is 14.2. The van der Waals surface area contributed by atoms with Crippen LogP contribution in [0.3, 0.4) is 0 Å². The molecule has 1 rings (SSSR count). The van der Waals surface area contributed by atoms with E-state index in [-0.39, 0.29) is 0 Å². The van der Waals surface area contributed by atoms with E-state index >= 15 is 0 Å². The fourth-order valence-corrected chi connectivity index (χ4v) is 1.54. The Morgan fingerprint density at radius 1 is 1.29 bits per heavy atom. The Labute approximate surface area is 86.4 Å². The van der Waals surface area contributed by atoms with Gasteiger partial charge in [-0.15, -0.1) is 0 Å². The first kappa shape index (κ1) is 10.8. The predicted molar refractivity (Wildman–Crippen MR) is 59.1 cm³/mol. The van der Waals surface area contributed by atoms with E-state index in [2.05, 4.69) is 39.8 Å². The molecule has 1 aromatic rings. The van der Waals surface area contributed by atoms with E-state index in [4.69, 9.17) is 5.26 Å². The van der Waals surface area contributed by atoms with Gasteiger partial charge in [0.1, 0.15) is 0 Å². The lowest BCUT2D eigenvalue weighted by molar-refractivity contribution is 0.410. The lowest BCUT2D eigenvalue weighted by Gasteiger charge is -2.19. The smallest absolute Gasteiger partial charge is 0.0991 e. The Morgan fingerprint density at radius 2 is 1.93 bits per heavy atom. The molecule has 0 aliphatic heterocycles. The molecule has 0 aliphatic rings. The fourth-order valence-electron chi connectivity index (χ4n) is 1.54. The summed E-state index contributed by atoms with van der Waals surface area (Å²) in [5.74, 6) is 0. The highest BCUT2D eigenvalue weighted by molar-refractivity contribution is 5.37. The normalized spacial score (nSPS) is 11.1. The summed E-state index contributed by atoms with van der Waals surface area (Å²) in [7, 11) is 0. The SMILES string of the molecule is Cc1cc(C#N)ccc1CC(C)(C)C. The summed E-state index contributed by atoms with van der Waals surface area (Å²) >= 11 is 0. The van der Waals surface area contributed by atoms with Gasteiger partial charge in [0.05, 0.1) is 11.6 Å². The Morgan fingerprint density at radius 3 is 2.36 bits per heavy atom. The minimum absolute atomic E-state index is 0.304. The van der Waals surface area contributed by atoms with Crippen LogP contribution in [0.5, 0.6) is 0 Å². The van der Waals surface area contributed by atoms with Crippen molar-refractivity contribution >= 4 is 0 Å². The van der Waals surface area contributed by atoms with Gasteiger partial charge in [0.15, 0.2) is 0 Å². The summed E-state index contributed by atoms with van der Waals surface area (Å²) in [5.41, 5.74) is 3.62.